The minimum atomic E-state index is -0.986. The second-order valence-electron chi connectivity index (χ2n) is 8.35. The number of halogens is 2. The van der Waals surface area contributed by atoms with Gasteiger partial charge in [-0.3, -0.25) is 4.79 Å². The molecular formula is C25H26F2N4O2. The molecule has 0 bridgehead atoms. The number of aromatic nitrogens is 2. The van der Waals surface area contributed by atoms with Crippen LogP contribution in [0.25, 0.3) is 11.3 Å². The van der Waals surface area contributed by atoms with Crippen molar-refractivity contribution in [3.63, 3.8) is 0 Å². The summed E-state index contributed by atoms with van der Waals surface area (Å²) < 4.78 is 32.2. The van der Waals surface area contributed by atoms with E-state index in [1.54, 1.807) is 18.2 Å². The summed E-state index contributed by atoms with van der Waals surface area (Å²) in [4.78, 5) is 14.8. The van der Waals surface area contributed by atoms with Crippen LogP contribution in [-0.2, 0) is 4.79 Å². The fraction of sp³-hybridized carbons (Fsp3) is 0.320. The van der Waals surface area contributed by atoms with Crippen molar-refractivity contribution in [2.45, 2.75) is 32.8 Å². The maximum absolute atomic E-state index is 13.8. The third kappa shape index (κ3) is 5.63. The Labute approximate surface area is 191 Å². The first-order valence-electron chi connectivity index (χ1n) is 11.0. The summed E-state index contributed by atoms with van der Waals surface area (Å²) in [5.74, 6) is -0.612. The molecule has 33 heavy (non-hydrogen) atoms. The Hall–Kier alpha value is -3.55. The topological polar surface area (TPSA) is 67.4 Å². The van der Waals surface area contributed by atoms with E-state index in [2.05, 4.69) is 27.3 Å². The molecule has 172 valence electrons. The Kier molecular flexibility index (Phi) is 6.82. The zero-order chi connectivity index (χ0) is 23.4. The van der Waals surface area contributed by atoms with Crippen LogP contribution in [0.3, 0.4) is 0 Å². The molecule has 0 saturated carbocycles. The van der Waals surface area contributed by atoms with Gasteiger partial charge in [0.15, 0.2) is 23.5 Å². The SMILES string of the molecule is CC1CCN(c2ccc(-c3cccc(NC(=O)C(C)Oc4ccc(F)cc4F)c3)nn2)CC1. The van der Waals surface area contributed by atoms with Crippen LogP contribution >= 0.6 is 0 Å². The molecule has 1 aliphatic heterocycles. The number of amides is 1. The Bertz CT molecular complexity index is 1120. The second kappa shape index (κ2) is 9.94. The molecule has 2 heterocycles. The second-order valence-corrected chi connectivity index (χ2v) is 8.35. The number of anilines is 2. The minimum absolute atomic E-state index is 0.189. The molecule has 1 unspecified atom stereocenters. The average Bonchev–Trinajstić information content (AvgIpc) is 2.81. The molecular weight excluding hydrogens is 426 g/mol. The minimum Gasteiger partial charge on any atom is -0.478 e. The quantitative estimate of drug-likeness (QED) is 0.566. The van der Waals surface area contributed by atoms with Gasteiger partial charge in [0.05, 0.1) is 5.69 Å². The highest BCUT2D eigenvalue weighted by molar-refractivity contribution is 5.94. The molecule has 1 N–H and O–H groups in total. The van der Waals surface area contributed by atoms with E-state index < -0.39 is 23.6 Å². The van der Waals surface area contributed by atoms with Gasteiger partial charge in [-0.2, -0.15) is 0 Å². The maximum atomic E-state index is 13.8. The fourth-order valence-electron chi connectivity index (χ4n) is 3.70. The number of piperidine rings is 1. The lowest BCUT2D eigenvalue weighted by Crippen LogP contribution is -2.33. The van der Waals surface area contributed by atoms with E-state index >= 15 is 0 Å². The highest BCUT2D eigenvalue weighted by atomic mass is 19.1. The van der Waals surface area contributed by atoms with E-state index in [0.29, 0.717) is 17.4 Å². The number of nitrogens with zero attached hydrogens (tertiary/aromatic N) is 3. The lowest BCUT2D eigenvalue weighted by molar-refractivity contribution is -0.122. The number of hydrogen-bond donors (Lipinski definition) is 1. The Morgan fingerprint density at radius 1 is 1.09 bits per heavy atom. The molecule has 6 nitrogen and oxygen atoms in total. The first-order valence-corrected chi connectivity index (χ1v) is 11.0. The molecule has 1 aromatic heterocycles. The van der Waals surface area contributed by atoms with Crippen molar-refractivity contribution in [1.29, 1.82) is 0 Å². The maximum Gasteiger partial charge on any atom is 0.265 e. The molecule has 0 aliphatic carbocycles. The van der Waals surface area contributed by atoms with Crippen LogP contribution in [0, 0.1) is 17.6 Å². The molecule has 1 atom stereocenters. The van der Waals surface area contributed by atoms with E-state index in [9.17, 15) is 13.6 Å². The van der Waals surface area contributed by atoms with Gasteiger partial charge in [-0.15, -0.1) is 10.2 Å². The van der Waals surface area contributed by atoms with Gasteiger partial charge >= 0.3 is 0 Å². The summed E-state index contributed by atoms with van der Waals surface area (Å²) in [5, 5.41) is 11.5. The number of benzene rings is 2. The highest BCUT2D eigenvalue weighted by Gasteiger charge is 2.19. The number of hydrogen-bond acceptors (Lipinski definition) is 5. The van der Waals surface area contributed by atoms with Crippen molar-refractivity contribution in [1.82, 2.24) is 10.2 Å². The number of nitrogens with one attached hydrogen (secondary N) is 1. The normalized spacial score (nSPS) is 15.2. The van der Waals surface area contributed by atoms with Gasteiger partial charge in [0, 0.05) is 30.4 Å². The number of rotatable bonds is 6. The van der Waals surface area contributed by atoms with Gasteiger partial charge in [-0.1, -0.05) is 19.1 Å². The molecule has 1 amide bonds. The summed E-state index contributed by atoms with van der Waals surface area (Å²) in [6.07, 6.45) is 1.32. The summed E-state index contributed by atoms with van der Waals surface area (Å²) in [6, 6.07) is 14.0. The van der Waals surface area contributed by atoms with Crippen molar-refractivity contribution in [3.8, 4) is 17.0 Å². The van der Waals surface area contributed by atoms with Gasteiger partial charge in [-0.25, -0.2) is 8.78 Å². The van der Waals surface area contributed by atoms with Crippen LogP contribution in [0.4, 0.5) is 20.3 Å². The van der Waals surface area contributed by atoms with Crippen molar-refractivity contribution in [2.75, 3.05) is 23.3 Å². The van der Waals surface area contributed by atoms with Crippen LogP contribution in [0.2, 0.25) is 0 Å². The van der Waals surface area contributed by atoms with E-state index in [1.165, 1.54) is 6.92 Å². The first kappa shape index (κ1) is 22.6. The van der Waals surface area contributed by atoms with Crippen LogP contribution < -0.4 is 15.0 Å². The molecule has 1 saturated heterocycles. The Balaban J connectivity index is 1.40. The van der Waals surface area contributed by atoms with E-state index in [-0.39, 0.29) is 5.75 Å². The largest absolute Gasteiger partial charge is 0.478 e. The third-order valence-corrected chi connectivity index (χ3v) is 5.75. The zero-order valence-corrected chi connectivity index (χ0v) is 18.6. The number of ether oxygens (including phenoxy) is 1. The predicted octanol–water partition coefficient (Wildman–Crippen LogP) is 5.06. The average molecular weight is 453 g/mol. The molecule has 3 aromatic rings. The fourth-order valence-corrected chi connectivity index (χ4v) is 3.70. The lowest BCUT2D eigenvalue weighted by atomic mass is 9.99. The predicted molar refractivity (Wildman–Crippen MR) is 123 cm³/mol. The number of carbonyl (C=O) groups excluding carboxylic acids is 1. The number of carbonyl (C=O) groups is 1. The van der Waals surface area contributed by atoms with Crippen LogP contribution in [0.5, 0.6) is 5.75 Å². The molecule has 0 spiro atoms. The molecule has 1 fully saturated rings. The molecule has 4 rings (SSSR count). The van der Waals surface area contributed by atoms with Gasteiger partial charge < -0.3 is 15.0 Å². The van der Waals surface area contributed by atoms with Gasteiger partial charge in [0.25, 0.3) is 5.91 Å². The van der Waals surface area contributed by atoms with Gasteiger partial charge in [0.1, 0.15) is 5.82 Å². The van der Waals surface area contributed by atoms with Crippen LogP contribution in [0.1, 0.15) is 26.7 Å². The van der Waals surface area contributed by atoms with Crippen molar-refractivity contribution < 1.29 is 18.3 Å². The molecule has 8 heteroatoms. The zero-order valence-electron chi connectivity index (χ0n) is 18.6. The smallest absolute Gasteiger partial charge is 0.265 e. The van der Waals surface area contributed by atoms with Gasteiger partial charge in [-0.05, 0) is 62.1 Å². The summed E-state index contributed by atoms with van der Waals surface area (Å²) in [5.41, 5.74) is 2.04. The molecule has 0 radical (unpaired) electrons. The van der Waals surface area contributed by atoms with Crippen molar-refractivity contribution in [2.24, 2.45) is 5.92 Å². The van der Waals surface area contributed by atoms with E-state index in [1.807, 2.05) is 18.2 Å². The lowest BCUT2D eigenvalue weighted by Gasteiger charge is -2.30. The van der Waals surface area contributed by atoms with Crippen LogP contribution in [0.15, 0.2) is 54.6 Å². The molecule has 1 aliphatic rings. The summed E-state index contributed by atoms with van der Waals surface area (Å²) in [7, 11) is 0. The summed E-state index contributed by atoms with van der Waals surface area (Å²) >= 11 is 0. The van der Waals surface area contributed by atoms with Crippen LogP contribution in [-0.4, -0.2) is 35.3 Å². The molecule has 2 aromatic carbocycles. The highest BCUT2D eigenvalue weighted by Crippen LogP contribution is 2.25. The Morgan fingerprint density at radius 2 is 1.88 bits per heavy atom. The monoisotopic (exact) mass is 452 g/mol. The Morgan fingerprint density at radius 3 is 2.58 bits per heavy atom. The summed E-state index contributed by atoms with van der Waals surface area (Å²) in [6.45, 7) is 5.73. The van der Waals surface area contributed by atoms with E-state index in [0.717, 1.165) is 55.4 Å². The third-order valence-electron chi connectivity index (χ3n) is 5.75. The standard InChI is InChI=1S/C25H26F2N4O2/c1-16-10-12-31(13-11-16)24-9-7-22(29-30-24)18-4-3-5-20(14-18)28-25(32)17(2)33-23-8-6-19(26)15-21(23)27/h3-9,14-17H,10-13H2,1-2H3,(H,28,32). The van der Waals surface area contributed by atoms with Crippen molar-refractivity contribution in [3.05, 3.63) is 66.2 Å². The van der Waals surface area contributed by atoms with E-state index in [4.69, 9.17) is 4.74 Å². The van der Waals surface area contributed by atoms with Crippen molar-refractivity contribution >= 4 is 17.4 Å². The van der Waals surface area contributed by atoms with Gasteiger partial charge in [0.2, 0.25) is 0 Å². The first-order chi connectivity index (χ1) is 15.9.